The van der Waals surface area contributed by atoms with Gasteiger partial charge >= 0.3 is 11.9 Å². The molecule has 0 spiro atoms. The van der Waals surface area contributed by atoms with E-state index >= 15 is 0 Å². The van der Waals surface area contributed by atoms with Gasteiger partial charge in [0.05, 0.1) is 38.3 Å². The molecule has 2 heterocycles. The molecule has 2 aromatic heterocycles. The van der Waals surface area contributed by atoms with Crippen LogP contribution in [0.4, 0.5) is 0 Å². The van der Waals surface area contributed by atoms with E-state index < -0.39 is 35.8 Å². The van der Waals surface area contributed by atoms with Crippen LogP contribution in [0, 0.1) is 13.8 Å². The van der Waals surface area contributed by atoms with E-state index in [1.54, 1.807) is 131 Å². The van der Waals surface area contributed by atoms with Crippen LogP contribution in [0.2, 0.25) is 20.1 Å². The first-order chi connectivity index (χ1) is 29.9. The zero-order valence-electron chi connectivity index (χ0n) is 34.7. The lowest BCUT2D eigenvalue weighted by Gasteiger charge is -2.18. The fourth-order valence-electron chi connectivity index (χ4n) is 6.70. The molecule has 0 fully saturated rings. The summed E-state index contributed by atoms with van der Waals surface area (Å²) in [6.07, 6.45) is 3.35. The minimum atomic E-state index is -1.16. The second-order valence-corrected chi connectivity index (χ2v) is 16.2. The topological polar surface area (TPSA) is 166 Å². The van der Waals surface area contributed by atoms with Crippen LogP contribution in [-0.2, 0) is 41.3 Å². The van der Waals surface area contributed by atoms with Crippen LogP contribution < -0.4 is 21.8 Å². The lowest BCUT2D eigenvalue weighted by atomic mass is 10.0. The Hall–Kier alpha value is -6.18. The number of aryl methyl sites for hydroxylation is 4. The molecule has 12 nitrogen and oxygen atoms in total. The number of hydrogen-bond donors (Lipinski definition) is 3. The lowest BCUT2D eigenvalue weighted by molar-refractivity contribution is -0.143. The Balaban J connectivity index is 0.000000238. The normalized spacial score (nSPS) is 11.7. The number of benzene rings is 4. The number of ether oxygens (including phenoxy) is 1. The number of amides is 2. The molecule has 63 heavy (non-hydrogen) atoms. The quantitative estimate of drug-likeness (QED) is 0.103. The highest BCUT2D eigenvalue weighted by molar-refractivity contribution is 6.34. The largest absolute Gasteiger partial charge is 0.480 e. The van der Waals surface area contributed by atoms with Crippen LogP contribution in [0.5, 0.6) is 0 Å². The monoisotopic (exact) mass is 930 g/mol. The Bertz CT molecular complexity index is 2770. The van der Waals surface area contributed by atoms with Gasteiger partial charge in [0, 0.05) is 50.5 Å². The van der Waals surface area contributed by atoms with Gasteiger partial charge in [-0.25, -0.2) is 9.59 Å². The van der Waals surface area contributed by atoms with Crippen molar-refractivity contribution in [2.75, 3.05) is 7.11 Å². The van der Waals surface area contributed by atoms with E-state index in [1.165, 1.54) is 22.4 Å². The molecule has 0 saturated heterocycles. The zero-order valence-corrected chi connectivity index (χ0v) is 37.7. The van der Waals surface area contributed by atoms with Crippen molar-refractivity contribution >= 4 is 70.2 Å². The summed E-state index contributed by atoms with van der Waals surface area (Å²) in [4.78, 5) is 74.3. The summed E-state index contributed by atoms with van der Waals surface area (Å²) in [7, 11) is 4.52. The van der Waals surface area contributed by atoms with Gasteiger partial charge in [0.15, 0.2) is 0 Å². The first-order valence-electron chi connectivity index (χ1n) is 19.2. The van der Waals surface area contributed by atoms with Gasteiger partial charge in [-0.15, -0.1) is 0 Å². The first-order valence-corrected chi connectivity index (χ1v) is 20.7. The van der Waals surface area contributed by atoms with Gasteiger partial charge in [-0.05, 0) is 71.5 Å². The number of carbonyl (C=O) groups is 4. The molecule has 2 atom stereocenters. The van der Waals surface area contributed by atoms with Crippen LogP contribution in [0.15, 0.2) is 119 Å². The number of pyridine rings is 2. The maximum atomic E-state index is 12.8. The molecule has 2 amide bonds. The van der Waals surface area contributed by atoms with Gasteiger partial charge in [-0.3, -0.25) is 19.2 Å². The van der Waals surface area contributed by atoms with Crippen molar-refractivity contribution in [1.29, 1.82) is 0 Å². The predicted molar refractivity (Wildman–Crippen MR) is 246 cm³/mol. The molecule has 0 aliphatic carbocycles. The van der Waals surface area contributed by atoms with Gasteiger partial charge in [-0.1, -0.05) is 119 Å². The van der Waals surface area contributed by atoms with Crippen molar-refractivity contribution in [2.24, 2.45) is 14.1 Å². The summed E-state index contributed by atoms with van der Waals surface area (Å²) in [5.74, 6) is -2.74. The fourth-order valence-corrected chi connectivity index (χ4v) is 7.83. The van der Waals surface area contributed by atoms with Gasteiger partial charge < -0.3 is 29.6 Å². The van der Waals surface area contributed by atoms with Gasteiger partial charge in [-0.2, -0.15) is 0 Å². The molecule has 326 valence electrons. The van der Waals surface area contributed by atoms with E-state index in [0.29, 0.717) is 59.6 Å². The number of aromatic nitrogens is 2. The summed E-state index contributed by atoms with van der Waals surface area (Å²) in [5.41, 5.74) is 5.30. The van der Waals surface area contributed by atoms with Crippen molar-refractivity contribution in [2.45, 2.75) is 38.8 Å². The second kappa shape index (κ2) is 21.3. The summed E-state index contributed by atoms with van der Waals surface area (Å²) >= 11 is 24.4. The maximum absolute atomic E-state index is 12.8. The third kappa shape index (κ3) is 12.1. The van der Waals surface area contributed by atoms with Gasteiger partial charge in [0.25, 0.3) is 22.9 Å². The highest BCUT2D eigenvalue weighted by Crippen LogP contribution is 2.24. The minimum absolute atomic E-state index is 0.0679. The van der Waals surface area contributed by atoms with Crippen molar-refractivity contribution < 1.29 is 29.0 Å². The Labute approximate surface area is 383 Å². The number of esters is 1. The molecule has 0 saturated carbocycles. The number of rotatable bonds is 12. The third-order valence-electron chi connectivity index (χ3n) is 10.0. The van der Waals surface area contributed by atoms with Crippen LogP contribution in [0.1, 0.15) is 43.0 Å². The summed E-state index contributed by atoms with van der Waals surface area (Å²) < 4.78 is 7.69. The van der Waals surface area contributed by atoms with E-state index in [0.717, 1.165) is 5.56 Å². The van der Waals surface area contributed by atoms with E-state index in [4.69, 9.17) is 51.1 Å². The number of halogens is 4. The average molecular weight is 933 g/mol. The average Bonchev–Trinajstić information content (AvgIpc) is 3.23. The molecule has 6 aromatic rings. The van der Waals surface area contributed by atoms with Crippen LogP contribution in [-0.4, -0.2) is 57.2 Å². The SMILES string of the molecule is COC(=O)C(Cc1ccc(-c2cc(Cl)cn(C)c2=O)cc1)NC(=O)c1c(C)cccc1Cl.Cc1cccc(Cl)c1C(=O)NC(Cc1ccc(-c2cc(Cl)cn(C)c2=O)cc1)C(=O)O. The molecular weight excluding hydrogens is 890 g/mol. The van der Waals surface area contributed by atoms with E-state index in [-0.39, 0.29) is 34.5 Å². The maximum Gasteiger partial charge on any atom is 0.328 e. The van der Waals surface area contributed by atoms with E-state index in [9.17, 15) is 33.9 Å². The predicted octanol–water partition coefficient (Wildman–Crippen LogP) is 8.27. The molecule has 0 radical (unpaired) electrons. The summed E-state index contributed by atoms with van der Waals surface area (Å²) in [6, 6.07) is 25.3. The van der Waals surface area contributed by atoms with E-state index in [1.807, 2.05) is 0 Å². The zero-order chi connectivity index (χ0) is 46.1. The Morgan fingerprint density at radius 1 is 0.619 bits per heavy atom. The molecule has 2 unspecified atom stereocenters. The van der Waals surface area contributed by atoms with E-state index in [2.05, 4.69) is 10.6 Å². The number of aliphatic carboxylic acids is 1. The number of methoxy groups -OCH3 is 1. The second-order valence-electron chi connectivity index (χ2n) is 14.6. The van der Waals surface area contributed by atoms with Crippen molar-refractivity contribution in [3.63, 3.8) is 0 Å². The van der Waals surface area contributed by atoms with Crippen molar-refractivity contribution in [1.82, 2.24) is 19.8 Å². The van der Waals surface area contributed by atoms with Gasteiger partial charge in [0.1, 0.15) is 12.1 Å². The first kappa shape index (κ1) is 47.9. The molecule has 0 aliphatic heterocycles. The number of carboxylic acids is 1. The van der Waals surface area contributed by atoms with Crippen LogP contribution in [0.25, 0.3) is 22.3 Å². The Morgan fingerprint density at radius 3 is 1.37 bits per heavy atom. The van der Waals surface area contributed by atoms with Crippen molar-refractivity contribution in [3.8, 4) is 22.3 Å². The Kier molecular flexibility index (Phi) is 16.2. The molecule has 4 aromatic carbocycles. The highest BCUT2D eigenvalue weighted by atomic mass is 35.5. The van der Waals surface area contributed by atoms with Crippen LogP contribution >= 0.6 is 46.4 Å². The molecular formula is C47H42Cl4N4O8. The summed E-state index contributed by atoms with van der Waals surface area (Å²) in [6.45, 7) is 3.50. The molecule has 0 bridgehead atoms. The smallest absolute Gasteiger partial charge is 0.328 e. The van der Waals surface area contributed by atoms with Gasteiger partial charge in [0.2, 0.25) is 0 Å². The highest BCUT2D eigenvalue weighted by Gasteiger charge is 2.26. The molecule has 6 rings (SSSR count). The third-order valence-corrected chi connectivity index (χ3v) is 11.0. The fraction of sp³-hybridized carbons (Fsp3) is 0.191. The standard InChI is InChI=1S/C24H22Cl2N2O4.C23H20Cl2N2O4/c1-14-5-4-6-19(26)21(14)22(29)27-20(24(31)32-3)11-15-7-9-16(10-8-15)18-12-17(25)13-28(2)23(18)30;1-13-4-3-5-18(25)20(13)21(28)26-19(23(30)31)10-14-6-8-15(9-7-14)17-11-16(24)12-27(2)22(17)29/h4-10,12-13,20H,11H2,1-3H3,(H,27,29);3-9,11-12,19H,10H2,1-2H3,(H,26,28)(H,30,31). The van der Waals surface area contributed by atoms with Crippen LogP contribution in [0.3, 0.4) is 0 Å². The van der Waals surface area contributed by atoms with Crippen molar-refractivity contribution in [3.05, 3.63) is 184 Å². The lowest BCUT2D eigenvalue weighted by Crippen LogP contribution is -2.43. The molecule has 3 N–H and O–H groups in total. The molecule has 0 aliphatic rings. The number of hydrogen-bond acceptors (Lipinski definition) is 7. The number of carbonyl (C=O) groups excluding carboxylic acids is 3. The molecule has 16 heteroatoms. The number of nitrogens with one attached hydrogen (secondary N) is 2. The number of carboxylic acid groups (broad SMARTS) is 1. The summed E-state index contributed by atoms with van der Waals surface area (Å²) in [5, 5.41) is 16.3. The minimum Gasteiger partial charge on any atom is -0.480 e. The Morgan fingerprint density at radius 2 is 1.00 bits per heavy atom. The number of nitrogens with zero attached hydrogens (tertiary/aromatic N) is 2.